The quantitative estimate of drug-likeness (QED) is 0.294. The summed E-state index contributed by atoms with van der Waals surface area (Å²) in [6.45, 7) is 14.8. The van der Waals surface area contributed by atoms with Gasteiger partial charge in [-0.3, -0.25) is 9.80 Å². The lowest BCUT2D eigenvalue weighted by Gasteiger charge is -2.34. The van der Waals surface area contributed by atoms with Crippen LogP contribution in [0.15, 0.2) is 0 Å². The van der Waals surface area contributed by atoms with Crippen molar-refractivity contribution in [3.63, 3.8) is 0 Å². The van der Waals surface area contributed by atoms with E-state index < -0.39 is 23.9 Å². The van der Waals surface area contributed by atoms with Crippen LogP contribution < -0.4 is 0 Å². The fourth-order valence-electron chi connectivity index (χ4n) is 4.88. The van der Waals surface area contributed by atoms with Crippen molar-refractivity contribution in [3.05, 3.63) is 45.0 Å². The number of H-pyrrole nitrogens is 2. The number of carbonyl (C=O) groups is 4. The largest absolute Gasteiger partial charge is 0.462 e. The Labute approximate surface area is 234 Å². The monoisotopic (exact) mass is 560 g/mol. The molecule has 0 aromatic carbocycles. The van der Waals surface area contributed by atoms with Gasteiger partial charge in [-0.1, -0.05) is 0 Å². The van der Waals surface area contributed by atoms with Crippen LogP contribution in [0.2, 0.25) is 0 Å². The molecule has 40 heavy (non-hydrogen) atoms. The number of esters is 4. The SMILES string of the molecule is CCOC(=O)c1[nH]c(CN2CCN(Cc3[nH]c(C(=O)OCC)c(C)c3C(=O)OCC)CC2)c(C(=O)OCC)c1C. The summed E-state index contributed by atoms with van der Waals surface area (Å²) < 4.78 is 20.8. The molecule has 0 unspecified atom stereocenters. The summed E-state index contributed by atoms with van der Waals surface area (Å²) in [4.78, 5) is 60.9. The van der Waals surface area contributed by atoms with Crippen molar-refractivity contribution in [1.29, 1.82) is 0 Å². The van der Waals surface area contributed by atoms with Crippen molar-refractivity contribution in [1.82, 2.24) is 19.8 Å². The average molecular weight is 561 g/mol. The second-order valence-electron chi connectivity index (χ2n) is 9.39. The van der Waals surface area contributed by atoms with Gasteiger partial charge in [-0.2, -0.15) is 0 Å². The maximum absolute atomic E-state index is 12.7. The number of hydrogen-bond acceptors (Lipinski definition) is 10. The molecule has 0 radical (unpaired) electrons. The van der Waals surface area contributed by atoms with Crippen LogP contribution in [-0.2, 0) is 32.0 Å². The van der Waals surface area contributed by atoms with E-state index in [1.807, 2.05) is 0 Å². The number of aromatic nitrogens is 2. The highest BCUT2D eigenvalue weighted by Gasteiger charge is 2.30. The molecule has 2 aromatic heterocycles. The Balaban J connectivity index is 1.75. The van der Waals surface area contributed by atoms with E-state index in [2.05, 4.69) is 19.8 Å². The van der Waals surface area contributed by atoms with Gasteiger partial charge in [0.15, 0.2) is 0 Å². The Kier molecular flexibility index (Phi) is 10.9. The first-order valence-corrected chi connectivity index (χ1v) is 13.7. The van der Waals surface area contributed by atoms with Gasteiger partial charge in [0.1, 0.15) is 11.4 Å². The van der Waals surface area contributed by atoms with Gasteiger partial charge in [0, 0.05) is 50.7 Å². The number of piperazine rings is 1. The van der Waals surface area contributed by atoms with Crippen LogP contribution in [0.5, 0.6) is 0 Å². The predicted octanol–water partition coefficient (Wildman–Crippen LogP) is 2.98. The molecule has 1 saturated heterocycles. The molecule has 2 aromatic rings. The van der Waals surface area contributed by atoms with E-state index in [1.165, 1.54) is 0 Å². The van der Waals surface area contributed by atoms with E-state index in [1.54, 1.807) is 41.5 Å². The van der Waals surface area contributed by atoms with E-state index in [9.17, 15) is 19.2 Å². The van der Waals surface area contributed by atoms with Crippen molar-refractivity contribution in [2.24, 2.45) is 0 Å². The lowest BCUT2D eigenvalue weighted by molar-refractivity contribution is 0.0504. The number of carbonyl (C=O) groups excluding carboxylic acids is 4. The predicted molar refractivity (Wildman–Crippen MR) is 145 cm³/mol. The maximum atomic E-state index is 12.7. The normalized spacial score (nSPS) is 14.2. The highest BCUT2D eigenvalue weighted by atomic mass is 16.5. The molecule has 12 heteroatoms. The van der Waals surface area contributed by atoms with Crippen LogP contribution in [0.25, 0.3) is 0 Å². The second-order valence-corrected chi connectivity index (χ2v) is 9.39. The van der Waals surface area contributed by atoms with Gasteiger partial charge in [0.05, 0.1) is 37.6 Å². The number of aromatic amines is 2. The van der Waals surface area contributed by atoms with Gasteiger partial charge in [0.25, 0.3) is 0 Å². The standard InChI is InChI=1S/C28H40N4O8/c1-7-37-25(33)21-17(5)23(27(35)39-9-3)29-19(21)15-31-11-13-32(14-12-31)16-20-22(26(34)38-8-2)18(6)24(30-20)28(36)40-10-4/h29-30H,7-16H2,1-6H3. The first-order valence-electron chi connectivity index (χ1n) is 13.7. The molecule has 220 valence electrons. The first kappa shape index (κ1) is 30.9. The van der Waals surface area contributed by atoms with E-state index in [0.717, 1.165) is 0 Å². The average Bonchev–Trinajstić information content (AvgIpc) is 3.41. The van der Waals surface area contributed by atoms with E-state index >= 15 is 0 Å². The Bertz CT molecular complexity index is 1130. The minimum absolute atomic E-state index is 0.222. The van der Waals surface area contributed by atoms with Crippen molar-refractivity contribution >= 4 is 23.9 Å². The van der Waals surface area contributed by atoms with Gasteiger partial charge in [-0.25, -0.2) is 19.2 Å². The second kappa shape index (κ2) is 14.1. The molecule has 0 atom stereocenters. The summed E-state index contributed by atoms with van der Waals surface area (Å²) in [5, 5.41) is 0. The Morgan fingerprint density at radius 3 is 1.18 bits per heavy atom. The molecular formula is C28H40N4O8. The third-order valence-electron chi connectivity index (χ3n) is 6.80. The number of hydrogen-bond donors (Lipinski definition) is 2. The van der Waals surface area contributed by atoms with E-state index in [0.29, 0.717) is 72.9 Å². The first-order chi connectivity index (χ1) is 19.2. The number of ether oxygens (including phenoxy) is 4. The van der Waals surface area contributed by atoms with Gasteiger partial charge in [-0.15, -0.1) is 0 Å². The fourth-order valence-corrected chi connectivity index (χ4v) is 4.88. The zero-order valence-electron chi connectivity index (χ0n) is 24.2. The summed E-state index contributed by atoms with van der Waals surface area (Å²) in [6, 6.07) is 0. The smallest absolute Gasteiger partial charge is 0.355 e. The minimum Gasteiger partial charge on any atom is -0.462 e. The maximum Gasteiger partial charge on any atom is 0.355 e. The molecule has 0 amide bonds. The molecule has 3 heterocycles. The third-order valence-corrected chi connectivity index (χ3v) is 6.80. The third kappa shape index (κ3) is 6.92. The minimum atomic E-state index is -0.512. The van der Waals surface area contributed by atoms with Gasteiger partial charge >= 0.3 is 23.9 Å². The van der Waals surface area contributed by atoms with Gasteiger partial charge in [-0.05, 0) is 52.7 Å². The highest BCUT2D eigenvalue weighted by Crippen LogP contribution is 2.25. The number of rotatable bonds is 12. The van der Waals surface area contributed by atoms with Gasteiger partial charge < -0.3 is 28.9 Å². The highest BCUT2D eigenvalue weighted by molar-refractivity contribution is 5.99. The van der Waals surface area contributed by atoms with Crippen LogP contribution in [0.1, 0.15) is 91.9 Å². The Hall–Kier alpha value is -3.64. The van der Waals surface area contributed by atoms with Crippen LogP contribution in [-0.4, -0.2) is 96.3 Å². The molecular weight excluding hydrogens is 520 g/mol. The molecule has 3 rings (SSSR count). The fraction of sp³-hybridized carbons (Fsp3) is 0.571. The molecule has 12 nitrogen and oxygen atoms in total. The van der Waals surface area contributed by atoms with Crippen molar-refractivity contribution < 1.29 is 38.1 Å². The molecule has 0 spiro atoms. The van der Waals surface area contributed by atoms with Crippen molar-refractivity contribution in [3.8, 4) is 0 Å². The lowest BCUT2D eigenvalue weighted by atomic mass is 10.1. The number of nitrogens with one attached hydrogen (secondary N) is 2. The summed E-state index contributed by atoms with van der Waals surface area (Å²) in [5.74, 6) is -1.98. The van der Waals surface area contributed by atoms with Crippen LogP contribution >= 0.6 is 0 Å². The Morgan fingerprint density at radius 2 is 0.875 bits per heavy atom. The summed E-state index contributed by atoms with van der Waals surface area (Å²) in [5.41, 5.74) is 3.47. The molecule has 0 aliphatic carbocycles. The topological polar surface area (TPSA) is 143 Å². The summed E-state index contributed by atoms with van der Waals surface area (Å²) >= 11 is 0. The molecule has 1 aliphatic heterocycles. The number of nitrogens with zero attached hydrogens (tertiary/aromatic N) is 2. The summed E-state index contributed by atoms with van der Waals surface area (Å²) in [6.07, 6.45) is 0. The Morgan fingerprint density at radius 1 is 0.575 bits per heavy atom. The van der Waals surface area contributed by atoms with Crippen molar-refractivity contribution in [2.75, 3.05) is 52.6 Å². The van der Waals surface area contributed by atoms with E-state index in [-0.39, 0.29) is 37.8 Å². The van der Waals surface area contributed by atoms with Crippen LogP contribution in [0.3, 0.4) is 0 Å². The zero-order chi connectivity index (χ0) is 29.4. The lowest BCUT2D eigenvalue weighted by Crippen LogP contribution is -2.45. The molecule has 1 fully saturated rings. The summed E-state index contributed by atoms with van der Waals surface area (Å²) in [7, 11) is 0. The molecule has 0 bridgehead atoms. The zero-order valence-corrected chi connectivity index (χ0v) is 24.2. The van der Waals surface area contributed by atoms with Crippen LogP contribution in [0.4, 0.5) is 0 Å². The van der Waals surface area contributed by atoms with E-state index in [4.69, 9.17) is 18.9 Å². The van der Waals surface area contributed by atoms with Crippen LogP contribution in [0, 0.1) is 13.8 Å². The molecule has 2 N–H and O–H groups in total. The van der Waals surface area contributed by atoms with Gasteiger partial charge in [0.2, 0.25) is 0 Å². The molecule has 1 aliphatic rings. The van der Waals surface area contributed by atoms with Crippen molar-refractivity contribution in [2.45, 2.75) is 54.6 Å². The molecule has 0 saturated carbocycles.